The van der Waals surface area contributed by atoms with E-state index in [0.717, 1.165) is 11.1 Å². The Morgan fingerprint density at radius 1 is 0.611 bits per heavy atom. The lowest BCUT2D eigenvalue weighted by atomic mass is 10.1. The summed E-state index contributed by atoms with van der Waals surface area (Å²) < 4.78 is 0. The first-order valence-corrected chi connectivity index (χ1v) is 5.38. The van der Waals surface area contributed by atoms with Crippen LogP contribution in [0, 0.1) is 10.4 Å². The van der Waals surface area contributed by atoms with Gasteiger partial charge in [-0.3, -0.25) is 10.3 Å². The molecule has 2 aromatic carbocycles. The van der Waals surface area contributed by atoms with Crippen molar-refractivity contribution in [2.75, 3.05) is 0 Å². The molecule has 0 aliphatic carbocycles. The van der Waals surface area contributed by atoms with Gasteiger partial charge in [0.2, 0.25) is 0 Å². The molecule has 2 atom stereocenters. The number of benzene rings is 2. The van der Waals surface area contributed by atoms with Crippen LogP contribution in [0.2, 0.25) is 0 Å². The zero-order chi connectivity index (χ0) is 13.1. The number of nitrogen functional groups attached to an aromatic ring is 2. The highest BCUT2D eigenvalue weighted by atomic mass is 16.5. The molecule has 0 saturated heterocycles. The van der Waals surface area contributed by atoms with Crippen molar-refractivity contribution in [3.63, 3.8) is 0 Å². The topological polar surface area (TPSA) is 107 Å². The van der Waals surface area contributed by atoms with E-state index in [9.17, 15) is 10.4 Å². The molecule has 0 spiro atoms. The highest BCUT2D eigenvalue weighted by Gasteiger charge is 2.03. The van der Waals surface area contributed by atoms with Gasteiger partial charge >= 0.3 is 0 Å². The fraction of sp³-hybridized carbons (Fsp3) is 0. The zero-order valence-electron chi connectivity index (χ0n) is 9.59. The van der Waals surface area contributed by atoms with Crippen molar-refractivity contribution in [3.05, 3.63) is 58.9 Å². The molecule has 18 heavy (non-hydrogen) atoms. The Labute approximate surface area is 104 Å². The highest BCUT2D eigenvalue weighted by molar-refractivity contribution is 5.65. The van der Waals surface area contributed by atoms with E-state index in [1.54, 1.807) is 48.5 Å². The van der Waals surface area contributed by atoms with E-state index in [2.05, 4.69) is 0 Å². The van der Waals surface area contributed by atoms with Crippen LogP contribution in [-0.4, -0.2) is 0 Å². The first-order valence-electron chi connectivity index (χ1n) is 5.38. The van der Waals surface area contributed by atoms with Crippen molar-refractivity contribution in [1.29, 1.82) is 0 Å². The normalized spacial score (nSPS) is 14.2. The zero-order valence-corrected chi connectivity index (χ0v) is 9.59. The van der Waals surface area contributed by atoms with Crippen molar-refractivity contribution < 1.29 is 10.3 Å². The maximum absolute atomic E-state index is 10.9. The van der Waals surface area contributed by atoms with Gasteiger partial charge in [-0.2, -0.15) is 11.7 Å². The molecule has 0 fully saturated rings. The Hall–Kier alpha value is -1.80. The number of rotatable bonds is 3. The monoisotopic (exact) mass is 246 g/mol. The van der Waals surface area contributed by atoms with E-state index in [4.69, 9.17) is 11.7 Å². The van der Waals surface area contributed by atoms with Gasteiger partial charge in [0, 0.05) is 24.3 Å². The first kappa shape index (κ1) is 12.7. The van der Waals surface area contributed by atoms with Gasteiger partial charge in [-0.05, 0) is 35.4 Å². The quantitative estimate of drug-likeness (QED) is 0.417. The highest BCUT2D eigenvalue weighted by Crippen LogP contribution is 2.21. The van der Waals surface area contributed by atoms with E-state index in [1.165, 1.54) is 0 Å². The molecule has 0 amide bonds. The van der Waals surface area contributed by atoms with Crippen LogP contribution in [0.3, 0.4) is 0 Å². The second kappa shape index (κ2) is 5.23. The standard InChI is InChI=1S/C12H14N4O2/c13-15(17)11-5-1-9(2-6-11)10-3-7-12(8-4-10)16(14)18/h1-8,15-16H,13-14H2. The number of quaternary nitrogens is 2. The molecule has 6 heteroatoms. The third-order valence-corrected chi connectivity index (χ3v) is 2.67. The summed E-state index contributed by atoms with van der Waals surface area (Å²) in [5.41, 5.74) is 2.81. The molecule has 2 aromatic rings. The van der Waals surface area contributed by atoms with E-state index in [-0.39, 0.29) is 0 Å². The summed E-state index contributed by atoms with van der Waals surface area (Å²) in [5.74, 6) is 10.3. The van der Waals surface area contributed by atoms with E-state index >= 15 is 0 Å². The van der Waals surface area contributed by atoms with Crippen molar-refractivity contribution in [3.8, 4) is 11.1 Å². The molecule has 0 aliphatic rings. The van der Waals surface area contributed by atoms with Crippen LogP contribution in [0.15, 0.2) is 48.5 Å². The minimum Gasteiger partial charge on any atom is -0.608 e. The van der Waals surface area contributed by atoms with Crippen LogP contribution in [0.1, 0.15) is 0 Å². The van der Waals surface area contributed by atoms with Crippen LogP contribution >= 0.6 is 0 Å². The van der Waals surface area contributed by atoms with Gasteiger partial charge in [0.25, 0.3) is 0 Å². The largest absolute Gasteiger partial charge is 0.608 e. The number of nitrogens with one attached hydrogen (secondary N) is 2. The lowest BCUT2D eigenvalue weighted by Crippen LogP contribution is -3.08. The third-order valence-electron chi connectivity index (χ3n) is 2.67. The Morgan fingerprint density at radius 2 is 0.889 bits per heavy atom. The fourth-order valence-corrected chi connectivity index (χ4v) is 1.65. The maximum Gasteiger partial charge on any atom is 0.150 e. The van der Waals surface area contributed by atoms with E-state index in [0.29, 0.717) is 11.4 Å². The third kappa shape index (κ3) is 2.71. The molecule has 2 rings (SSSR count). The van der Waals surface area contributed by atoms with Gasteiger partial charge in [0.1, 0.15) is 11.4 Å². The van der Waals surface area contributed by atoms with Crippen LogP contribution in [0.25, 0.3) is 11.1 Å². The van der Waals surface area contributed by atoms with Crippen LogP contribution in [-0.2, 0) is 0 Å². The molecule has 0 heterocycles. The van der Waals surface area contributed by atoms with Crippen molar-refractivity contribution in [2.24, 2.45) is 11.7 Å². The fourth-order valence-electron chi connectivity index (χ4n) is 1.65. The summed E-state index contributed by atoms with van der Waals surface area (Å²) in [6.07, 6.45) is 0. The van der Waals surface area contributed by atoms with Crippen LogP contribution in [0.4, 0.5) is 11.4 Å². The first-order chi connectivity index (χ1) is 8.58. The molecule has 6 N–H and O–H groups in total. The molecular weight excluding hydrogens is 232 g/mol. The summed E-state index contributed by atoms with van der Waals surface area (Å²) in [6, 6.07) is 13.9. The number of nitrogens with two attached hydrogens (primary N) is 2. The predicted octanol–water partition coefficient (Wildman–Crippen LogP) is -0.871. The van der Waals surface area contributed by atoms with Gasteiger partial charge in [-0.25, -0.2) is 0 Å². The molecule has 0 bridgehead atoms. The van der Waals surface area contributed by atoms with Gasteiger partial charge < -0.3 is 10.4 Å². The lowest BCUT2D eigenvalue weighted by molar-refractivity contribution is -0.789. The Balaban J connectivity index is 2.25. The van der Waals surface area contributed by atoms with Gasteiger partial charge in [0.05, 0.1) is 0 Å². The van der Waals surface area contributed by atoms with Gasteiger partial charge in [-0.15, -0.1) is 0 Å². The van der Waals surface area contributed by atoms with Crippen molar-refractivity contribution >= 4 is 11.4 Å². The molecule has 0 aromatic heterocycles. The number of hydrogen-bond donors (Lipinski definition) is 4. The Bertz CT molecular complexity index is 459. The van der Waals surface area contributed by atoms with E-state index < -0.39 is 10.3 Å². The summed E-state index contributed by atoms with van der Waals surface area (Å²) >= 11 is 0. The summed E-state index contributed by atoms with van der Waals surface area (Å²) in [5, 5.41) is 21.0. The second-order valence-electron chi connectivity index (χ2n) is 3.88. The second-order valence-corrected chi connectivity index (χ2v) is 3.88. The lowest BCUT2D eigenvalue weighted by Gasteiger charge is -2.15. The van der Waals surface area contributed by atoms with Gasteiger partial charge in [0.15, 0.2) is 0 Å². The summed E-state index contributed by atoms with van der Waals surface area (Å²) in [6.45, 7) is 0. The molecular formula is C12H14N4O2. The smallest absolute Gasteiger partial charge is 0.150 e. The van der Waals surface area contributed by atoms with Gasteiger partial charge in [-0.1, -0.05) is 0 Å². The van der Waals surface area contributed by atoms with E-state index in [1.807, 2.05) is 0 Å². The van der Waals surface area contributed by atoms with Crippen molar-refractivity contribution in [1.82, 2.24) is 0 Å². The number of hydrogen-bond acceptors (Lipinski definition) is 4. The summed E-state index contributed by atoms with van der Waals surface area (Å²) in [4.78, 5) is 0. The summed E-state index contributed by atoms with van der Waals surface area (Å²) in [7, 11) is 0. The minimum atomic E-state index is -0.453. The molecule has 6 nitrogen and oxygen atoms in total. The van der Waals surface area contributed by atoms with Crippen LogP contribution in [0.5, 0.6) is 0 Å². The molecule has 94 valence electrons. The SMILES string of the molecule is N[NH+]([O-])c1ccc(-c2ccc([NH+](N)[O-])cc2)cc1. The average molecular weight is 246 g/mol. The molecule has 0 aliphatic heterocycles. The predicted molar refractivity (Wildman–Crippen MR) is 68.2 cm³/mol. The Morgan fingerprint density at radius 3 is 1.11 bits per heavy atom. The molecule has 0 saturated carbocycles. The average Bonchev–Trinajstić information content (AvgIpc) is 2.39. The molecule has 2 unspecified atom stereocenters. The maximum atomic E-state index is 10.9. The van der Waals surface area contributed by atoms with Crippen molar-refractivity contribution in [2.45, 2.75) is 0 Å². The molecule has 0 radical (unpaired) electrons. The minimum absolute atomic E-state index is 0.453. The van der Waals surface area contributed by atoms with Crippen LogP contribution < -0.4 is 22.0 Å². The Kier molecular flexibility index (Phi) is 3.68.